The summed E-state index contributed by atoms with van der Waals surface area (Å²) in [5, 5.41) is 5.33. The second-order valence-corrected chi connectivity index (χ2v) is 7.36. The molecule has 2 heterocycles. The number of benzene rings is 1. The maximum absolute atomic E-state index is 14.1. The number of halogens is 1. The van der Waals surface area contributed by atoms with Gasteiger partial charge in [0.25, 0.3) is 0 Å². The molecule has 2 N–H and O–H groups in total. The first-order chi connectivity index (χ1) is 14.3. The number of ether oxygens (including phenoxy) is 1. The van der Waals surface area contributed by atoms with Crippen molar-refractivity contribution in [3.05, 3.63) is 53.6 Å². The van der Waals surface area contributed by atoms with Gasteiger partial charge in [0.2, 0.25) is 0 Å². The highest BCUT2D eigenvalue weighted by Crippen LogP contribution is 2.19. The Morgan fingerprint density at radius 1 is 1.20 bits per heavy atom. The third-order valence-corrected chi connectivity index (χ3v) is 4.91. The van der Waals surface area contributed by atoms with Crippen molar-refractivity contribution in [2.75, 3.05) is 37.4 Å². The van der Waals surface area contributed by atoms with E-state index in [-0.39, 0.29) is 12.1 Å². The van der Waals surface area contributed by atoms with Gasteiger partial charge >= 0.3 is 12.1 Å². The van der Waals surface area contributed by atoms with E-state index in [0.717, 1.165) is 11.3 Å². The summed E-state index contributed by atoms with van der Waals surface area (Å²) in [5.41, 5.74) is 2.49. The SMILES string of the molecule is COC(=O)N1CCN(Cc2cc(F)cc(NC(=O)Nc3ccc(C)nc3)c2)C[C@H]1C. The van der Waals surface area contributed by atoms with Crippen LogP contribution < -0.4 is 10.6 Å². The highest BCUT2D eigenvalue weighted by molar-refractivity contribution is 5.99. The van der Waals surface area contributed by atoms with Gasteiger partial charge in [-0.3, -0.25) is 9.88 Å². The van der Waals surface area contributed by atoms with Crippen LogP contribution in [0.15, 0.2) is 36.5 Å². The Morgan fingerprint density at radius 3 is 2.63 bits per heavy atom. The lowest BCUT2D eigenvalue weighted by Gasteiger charge is -2.38. The van der Waals surface area contributed by atoms with Crippen LogP contribution in [0.5, 0.6) is 0 Å². The number of aromatic nitrogens is 1. The Morgan fingerprint density at radius 2 is 1.97 bits per heavy atom. The van der Waals surface area contributed by atoms with Crippen LogP contribution in [0, 0.1) is 12.7 Å². The molecule has 1 saturated heterocycles. The summed E-state index contributed by atoms with van der Waals surface area (Å²) in [6.45, 7) is 6.16. The number of nitrogens with zero attached hydrogens (tertiary/aromatic N) is 3. The molecule has 1 aromatic carbocycles. The first-order valence-corrected chi connectivity index (χ1v) is 9.71. The number of hydrogen-bond acceptors (Lipinski definition) is 5. The van der Waals surface area contributed by atoms with E-state index < -0.39 is 11.8 Å². The van der Waals surface area contributed by atoms with E-state index >= 15 is 0 Å². The van der Waals surface area contributed by atoms with Crippen LogP contribution in [-0.4, -0.2) is 59.7 Å². The summed E-state index contributed by atoms with van der Waals surface area (Å²) in [7, 11) is 1.37. The monoisotopic (exact) mass is 415 g/mol. The minimum atomic E-state index is -0.475. The summed E-state index contributed by atoms with van der Waals surface area (Å²) < 4.78 is 18.9. The molecular weight excluding hydrogens is 389 g/mol. The van der Waals surface area contributed by atoms with Gasteiger partial charge in [0.05, 0.1) is 19.0 Å². The zero-order valence-corrected chi connectivity index (χ0v) is 17.3. The van der Waals surface area contributed by atoms with Crippen LogP contribution in [0.1, 0.15) is 18.2 Å². The van der Waals surface area contributed by atoms with E-state index in [9.17, 15) is 14.0 Å². The molecule has 0 radical (unpaired) electrons. The minimum Gasteiger partial charge on any atom is -0.453 e. The van der Waals surface area contributed by atoms with Crippen LogP contribution in [-0.2, 0) is 11.3 Å². The number of carbonyl (C=O) groups is 2. The summed E-state index contributed by atoms with van der Waals surface area (Å²) in [5.74, 6) is -0.430. The Balaban J connectivity index is 1.60. The first kappa shape index (κ1) is 21.5. The third kappa shape index (κ3) is 5.66. The summed E-state index contributed by atoms with van der Waals surface area (Å²) in [6, 6.07) is 7.51. The molecule has 0 bridgehead atoms. The fourth-order valence-corrected chi connectivity index (χ4v) is 3.47. The number of piperazine rings is 1. The van der Waals surface area contributed by atoms with Crippen LogP contribution in [0.25, 0.3) is 0 Å². The lowest BCUT2D eigenvalue weighted by molar-refractivity contribution is 0.0604. The zero-order valence-electron chi connectivity index (χ0n) is 17.3. The second kappa shape index (κ2) is 9.53. The van der Waals surface area contributed by atoms with Crippen molar-refractivity contribution in [1.29, 1.82) is 0 Å². The molecule has 0 spiro atoms. The smallest absolute Gasteiger partial charge is 0.409 e. The number of urea groups is 1. The summed E-state index contributed by atoms with van der Waals surface area (Å²) >= 11 is 0. The molecule has 0 saturated carbocycles. The molecule has 0 unspecified atom stereocenters. The molecular formula is C21H26FN5O3. The lowest BCUT2D eigenvalue weighted by Crippen LogP contribution is -2.53. The van der Waals surface area contributed by atoms with Gasteiger partial charge in [0.1, 0.15) is 5.82 Å². The van der Waals surface area contributed by atoms with Crippen LogP contribution in [0.4, 0.5) is 25.4 Å². The summed E-state index contributed by atoms with van der Waals surface area (Å²) in [6.07, 6.45) is 1.22. The Labute approximate surface area is 175 Å². The molecule has 30 heavy (non-hydrogen) atoms. The number of rotatable bonds is 4. The topological polar surface area (TPSA) is 86.8 Å². The number of methoxy groups -OCH3 is 1. The lowest BCUT2D eigenvalue weighted by atomic mass is 10.1. The van der Waals surface area contributed by atoms with Crippen molar-refractivity contribution < 1.29 is 18.7 Å². The number of nitrogens with one attached hydrogen (secondary N) is 2. The number of hydrogen-bond donors (Lipinski definition) is 2. The number of anilines is 2. The van der Waals surface area contributed by atoms with Crippen molar-refractivity contribution in [2.24, 2.45) is 0 Å². The maximum Gasteiger partial charge on any atom is 0.409 e. The van der Waals surface area contributed by atoms with E-state index in [4.69, 9.17) is 4.74 Å². The largest absolute Gasteiger partial charge is 0.453 e. The molecule has 3 amide bonds. The van der Waals surface area contributed by atoms with Gasteiger partial charge in [0.15, 0.2) is 0 Å². The molecule has 8 nitrogen and oxygen atoms in total. The fraction of sp³-hybridized carbons (Fsp3) is 0.381. The van der Waals surface area contributed by atoms with Gasteiger partial charge in [-0.15, -0.1) is 0 Å². The van der Waals surface area contributed by atoms with Crippen molar-refractivity contribution in [3.63, 3.8) is 0 Å². The van der Waals surface area contributed by atoms with Gasteiger partial charge in [-0.05, 0) is 49.7 Å². The first-order valence-electron chi connectivity index (χ1n) is 9.71. The Kier molecular flexibility index (Phi) is 6.83. The average Bonchev–Trinajstić information content (AvgIpc) is 2.69. The van der Waals surface area contributed by atoms with Gasteiger partial charge < -0.3 is 20.3 Å². The second-order valence-electron chi connectivity index (χ2n) is 7.36. The quantitative estimate of drug-likeness (QED) is 0.799. The summed E-state index contributed by atoms with van der Waals surface area (Å²) in [4.78, 5) is 31.9. The molecule has 1 aliphatic heterocycles. The predicted molar refractivity (Wildman–Crippen MR) is 112 cm³/mol. The molecule has 1 atom stereocenters. The van der Waals surface area contributed by atoms with E-state index in [1.807, 2.05) is 13.8 Å². The van der Waals surface area contributed by atoms with Crippen molar-refractivity contribution in [3.8, 4) is 0 Å². The molecule has 1 aliphatic rings. The van der Waals surface area contributed by atoms with Gasteiger partial charge in [-0.1, -0.05) is 0 Å². The van der Waals surface area contributed by atoms with E-state index in [1.165, 1.54) is 19.2 Å². The third-order valence-electron chi connectivity index (χ3n) is 4.91. The number of carbonyl (C=O) groups excluding carboxylic acids is 2. The molecule has 3 rings (SSSR count). The van der Waals surface area contributed by atoms with E-state index in [2.05, 4.69) is 20.5 Å². The van der Waals surface area contributed by atoms with Crippen molar-refractivity contribution in [1.82, 2.24) is 14.8 Å². The molecule has 160 valence electrons. The molecule has 1 fully saturated rings. The van der Waals surface area contributed by atoms with E-state index in [1.54, 1.807) is 29.3 Å². The highest BCUT2D eigenvalue weighted by atomic mass is 19.1. The highest BCUT2D eigenvalue weighted by Gasteiger charge is 2.28. The standard InChI is InChI=1S/C21H26FN5O3/c1-14-4-5-18(11-23-14)24-20(28)25-19-9-16(8-17(22)10-19)13-26-6-7-27(15(2)12-26)21(29)30-3/h4-5,8-11,15H,6-7,12-13H2,1-3H3,(H2,24,25,28)/t15-/m1/s1. The zero-order chi connectivity index (χ0) is 21.7. The Bertz CT molecular complexity index is 906. The van der Waals surface area contributed by atoms with Crippen LogP contribution in [0.2, 0.25) is 0 Å². The average molecular weight is 415 g/mol. The van der Waals surface area contributed by atoms with Crippen LogP contribution >= 0.6 is 0 Å². The van der Waals surface area contributed by atoms with Crippen molar-refractivity contribution >= 4 is 23.5 Å². The fourth-order valence-electron chi connectivity index (χ4n) is 3.47. The van der Waals surface area contributed by atoms with Gasteiger partial charge in [-0.2, -0.15) is 0 Å². The molecule has 0 aliphatic carbocycles. The normalized spacial score (nSPS) is 16.8. The molecule has 1 aromatic heterocycles. The van der Waals surface area contributed by atoms with Gasteiger partial charge in [0, 0.05) is 43.6 Å². The number of amides is 3. The van der Waals surface area contributed by atoms with E-state index in [0.29, 0.717) is 37.6 Å². The minimum absolute atomic E-state index is 0.00810. The van der Waals surface area contributed by atoms with Crippen molar-refractivity contribution in [2.45, 2.75) is 26.4 Å². The van der Waals surface area contributed by atoms with Crippen LogP contribution in [0.3, 0.4) is 0 Å². The number of pyridine rings is 1. The van der Waals surface area contributed by atoms with Gasteiger partial charge in [-0.25, -0.2) is 14.0 Å². The predicted octanol–water partition coefficient (Wildman–Crippen LogP) is 3.45. The Hall–Kier alpha value is -3.20. The maximum atomic E-state index is 14.1. The number of aryl methyl sites for hydroxylation is 1. The molecule has 2 aromatic rings. The molecule has 9 heteroatoms.